The Bertz CT molecular complexity index is 505. The Labute approximate surface area is 103 Å². The Morgan fingerprint density at radius 2 is 2.12 bits per heavy atom. The highest BCUT2D eigenvalue weighted by Gasteiger charge is 2.17. The first-order valence-electron chi connectivity index (χ1n) is 5.36. The number of fused-ring (bicyclic) bond motifs is 1. The molecule has 1 fully saturated rings. The third kappa shape index (κ3) is 1.67. The van der Waals surface area contributed by atoms with Gasteiger partial charge in [0, 0.05) is 26.2 Å². The van der Waals surface area contributed by atoms with Crippen LogP contribution >= 0.6 is 23.1 Å². The number of anilines is 1. The molecule has 1 saturated heterocycles. The van der Waals surface area contributed by atoms with Crippen LogP contribution in [0, 0.1) is 0 Å². The predicted molar refractivity (Wildman–Crippen MR) is 69.7 cm³/mol. The molecule has 3 rings (SSSR count). The Morgan fingerprint density at radius 1 is 1.31 bits per heavy atom. The van der Waals surface area contributed by atoms with Gasteiger partial charge in [-0.2, -0.15) is 4.37 Å². The van der Waals surface area contributed by atoms with Gasteiger partial charge in [-0.25, -0.2) is 0 Å². The Kier molecular flexibility index (Phi) is 2.71. The van der Waals surface area contributed by atoms with Crippen molar-refractivity contribution in [3.8, 4) is 0 Å². The summed E-state index contributed by atoms with van der Waals surface area (Å²) in [6.45, 7) is 4.04. The van der Waals surface area contributed by atoms with Crippen molar-refractivity contribution in [2.45, 2.75) is 0 Å². The van der Waals surface area contributed by atoms with Gasteiger partial charge in [0.25, 0.3) is 0 Å². The van der Waals surface area contributed by atoms with Crippen molar-refractivity contribution in [2.24, 2.45) is 0 Å². The highest BCUT2D eigenvalue weighted by molar-refractivity contribution is 7.13. The quantitative estimate of drug-likeness (QED) is 0.846. The molecule has 0 radical (unpaired) electrons. The fourth-order valence-electron chi connectivity index (χ4n) is 2.03. The van der Waals surface area contributed by atoms with Crippen LogP contribution in [0.5, 0.6) is 0 Å². The molecule has 0 aliphatic carbocycles. The molecule has 84 valence electrons. The minimum atomic E-state index is 0.805. The number of nitrogens with zero attached hydrogens (tertiary/aromatic N) is 2. The van der Waals surface area contributed by atoms with Crippen LogP contribution in [0.15, 0.2) is 18.2 Å². The zero-order valence-corrected chi connectivity index (χ0v) is 10.3. The first-order chi connectivity index (χ1) is 7.86. The van der Waals surface area contributed by atoms with Crippen molar-refractivity contribution < 1.29 is 0 Å². The molecule has 1 aliphatic rings. The van der Waals surface area contributed by atoms with Gasteiger partial charge >= 0.3 is 0 Å². The van der Waals surface area contributed by atoms with Crippen LogP contribution in [0.4, 0.5) is 5.82 Å². The van der Waals surface area contributed by atoms with Gasteiger partial charge in [-0.05, 0) is 23.7 Å². The minimum Gasteiger partial charge on any atom is -0.353 e. The number of piperazine rings is 1. The van der Waals surface area contributed by atoms with Gasteiger partial charge in [0.2, 0.25) is 0 Å². The molecule has 1 N–H and O–H groups in total. The molecule has 0 spiro atoms. The van der Waals surface area contributed by atoms with E-state index in [4.69, 9.17) is 11.6 Å². The smallest absolute Gasteiger partial charge is 0.151 e. The van der Waals surface area contributed by atoms with Gasteiger partial charge in [-0.1, -0.05) is 17.7 Å². The molecule has 0 bridgehead atoms. The first-order valence-corrected chi connectivity index (χ1v) is 6.51. The zero-order valence-electron chi connectivity index (χ0n) is 8.74. The average Bonchev–Trinajstić information content (AvgIpc) is 2.75. The second-order valence-electron chi connectivity index (χ2n) is 3.86. The number of hydrogen-bond acceptors (Lipinski definition) is 4. The fraction of sp³-hybridized carbons (Fsp3) is 0.364. The highest BCUT2D eigenvalue weighted by atomic mass is 35.5. The molecule has 5 heteroatoms. The van der Waals surface area contributed by atoms with E-state index >= 15 is 0 Å². The largest absolute Gasteiger partial charge is 0.353 e. The van der Waals surface area contributed by atoms with Gasteiger partial charge in [-0.3, -0.25) is 0 Å². The van der Waals surface area contributed by atoms with Gasteiger partial charge < -0.3 is 10.2 Å². The molecular weight excluding hydrogens is 242 g/mol. The maximum atomic E-state index is 6.25. The van der Waals surface area contributed by atoms with E-state index in [9.17, 15) is 0 Å². The lowest BCUT2D eigenvalue weighted by molar-refractivity contribution is 0.587. The molecule has 0 saturated carbocycles. The highest BCUT2D eigenvalue weighted by Crippen LogP contribution is 2.34. The molecule has 0 amide bonds. The van der Waals surface area contributed by atoms with Crippen LogP contribution in [0.25, 0.3) is 10.1 Å². The van der Waals surface area contributed by atoms with Gasteiger partial charge in [-0.15, -0.1) is 0 Å². The summed E-state index contributed by atoms with van der Waals surface area (Å²) >= 11 is 7.77. The molecule has 2 aromatic rings. The van der Waals surface area contributed by atoms with E-state index < -0.39 is 0 Å². The zero-order chi connectivity index (χ0) is 11.0. The number of benzene rings is 1. The number of hydrogen-bond donors (Lipinski definition) is 1. The summed E-state index contributed by atoms with van der Waals surface area (Å²) in [7, 11) is 0. The van der Waals surface area contributed by atoms with Crippen molar-refractivity contribution >= 4 is 39.0 Å². The van der Waals surface area contributed by atoms with Crippen molar-refractivity contribution in [3.63, 3.8) is 0 Å². The Morgan fingerprint density at radius 3 is 2.94 bits per heavy atom. The van der Waals surface area contributed by atoms with Crippen molar-refractivity contribution in [2.75, 3.05) is 31.1 Å². The number of nitrogens with one attached hydrogen (secondary N) is 1. The predicted octanol–water partition coefficient (Wildman–Crippen LogP) is 2.36. The maximum absolute atomic E-state index is 6.25. The summed E-state index contributed by atoms with van der Waals surface area (Å²) in [5, 5.41) is 5.25. The molecule has 3 nitrogen and oxygen atoms in total. The summed E-state index contributed by atoms with van der Waals surface area (Å²) in [6, 6.07) is 5.99. The standard InChI is InChI=1S/C11H12ClN3S/c12-8-2-1-3-9-10(8)11(14-16-9)15-6-4-13-5-7-15/h1-3,13H,4-7H2. The average molecular weight is 254 g/mol. The SMILES string of the molecule is Clc1cccc2snc(N3CCNCC3)c12. The van der Waals surface area contributed by atoms with E-state index in [-0.39, 0.29) is 0 Å². The van der Waals surface area contributed by atoms with Crippen molar-refractivity contribution in [1.29, 1.82) is 0 Å². The van der Waals surface area contributed by atoms with Gasteiger partial charge in [0.1, 0.15) is 0 Å². The number of halogens is 1. The summed E-state index contributed by atoms with van der Waals surface area (Å²) in [5.41, 5.74) is 0. The minimum absolute atomic E-state index is 0.805. The number of aromatic nitrogens is 1. The molecule has 16 heavy (non-hydrogen) atoms. The van der Waals surface area contributed by atoms with Crippen LogP contribution in [-0.4, -0.2) is 30.6 Å². The lowest BCUT2D eigenvalue weighted by atomic mass is 10.2. The van der Waals surface area contributed by atoms with Crippen LogP contribution in [0.2, 0.25) is 5.02 Å². The lowest BCUT2D eigenvalue weighted by Gasteiger charge is -2.27. The Balaban J connectivity index is 2.09. The van der Waals surface area contributed by atoms with Gasteiger partial charge in [0.05, 0.1) is 15.1 Å². The third-order valence-corrected chi connectivity index (χ3v) is 3.96. The molecule has 1 aromatic carbocycles. The molecule has 1 aliphatic heterocycles. The monoisotopic (exact) mass is 253 g/mol. The fourth-order valence-corrected chi connectivity index (χ4v) is 3.17. The second kappa shape index (κ2) is 4.20. The summed E-state index contributed by atoms with van der Waals surface area (Å²) < 4.78 is 5.70. The summed E-state index contributed by atoms with van der Waals surface area (Å²) in [6.07, 6.45) is 0. The lowest BCUT2D eigenvalue weighted by Crippen LogP contribution is -2.43. The van der Waals surface area contributed by atoms with Crippen LogP contribution in [-0.2, 0) is 0 Å². The third-order valence-electron chi connectivity index (χ3n) is 2.85. The van der Waals surface area contributed by atoms with Crippen molar-refractivity contribution in [3.05, 3.63) is 23.2 Å². The summed E-state index contributed by atoms with van der Waals surface area (Å²) in [5.74, 6) is 1.05. The first kappa shape index (κ1) is 10.3. The topological polar surface area (TPSA) is 28.2 Å². The van der Waals surface area contributed by atoms with Crippen LogP contribution in [0.3, 0.4) is 0 Å². The number of rotatable bonds is 1. The van der Waals surface area contributed by atoms with E-state index in [1.165, 1.54) is 16.2 Å². The maximum Gasteiger partial charge on any atom is 0.151 e. The Hall–Kier alpha value is -0.840. The molecule has 0 atom stereocenters. The summed E-state index contributed by atoms with van der Waals surface area (Å²) in [4.78, 5) is 2.31. The van der Waals surface area contributed by atoms with Crippen LogP contribution < -0.4 is 10.2 Å². The van der Waals surface area contributed by atoms with E-state index in [1.807, 2.05) is 12.1 Å². The van der Waals surface area contributed by atoms with E-state index in [1.54, 1.807) is 0 Å². The van der Waals surface area contributed by atoms with E-state index in [0.717, 1.165) is 42.4 Å². The second-order valence-corrected chi connectivity index (χ2v) is 5.07. The molecule has 0 unspecified atom stereocenters. The molecular formula is C11H12ClN3S. The van der Waals surface area contributed by atoms with Gasteiger partial charge in [0.15, 0.2) is 5.82 Å². The van der Waals surface area contributed by atoms with Crippen molar-refractivity contribution in [1.82, 2.24) is 9.69 Å². The normalized spacial score (nSPS) is 16.9. The molecule has 1 aromatic heterocycles. The van der Waals surface area contributed by atoms with Crippen LogP contribution in [0.1, 0.15) is 0 Å². The van der Waals surface area contributed by atoms with E-state index in [2.05, 4.69) is 20.7 Å². The van der Waals surface area contributed by atoms with E-state index in [0.29, 0.717) is 0 Å². The molecule has 2 heterocycles.